The Morgan fingerprint density at radius 1 is 1.14 bits per heavy atom. The molecule has 1 nitrogen and oxygen atoms in total. The highest BCUT2D eigenvalue weighted by molar-refractivity contribution is 5.89. The van der Waals surface area contributed by atoms with Gasteiger partial charge in [0.1, 0.15) is 11.3 Å². The summed E-state index contributed by atoms with van der Waals surface area (Å²) in [5, 5.41) is 1.28. The average Bonchev–Trinajstić information content (AvgIpc) is 2.67. The van der Waals surface area contributed by atoms with E-state index >= 15 is 0 Å². The summed E-state index contributed by atoms with van der Waals surface area (Å²) in [5.41, 5.74) is 5.14. The molecule has 1 heterocycles. The van der Waals surface area contributed by atoms with Gasteiger partial charge >= 0.3 is 0 Å². The van der Waals surface area contributed by atoms with Gasteiger partial charge < -0.3 is 4.42 Å². The molecule has 0 amide bonds. The lowest BCUT2D eigenvalue weighted by molar-refractivity contribution is 0.598. The van der Waals surface area contributed by atoms with Crippen LogP contribution in [0.5, 0.6) is 0 Å². The Bertz CT molecular complexity index is 543. The second-order valence-corrected chi connectivity index (χ2v) is 3.99. The van der Waals surface area contributed by atoms with Crippen molar-refractivity contribution < 1.29 is 4.42 Å². The molecule has 0 spiro atoms. The van der Waals surface area contributed by atoms with Gasteiger partial charge in [-0.15, -0.1) is 0 Å². The van der Waals surface area contributed by atoms with Crippen LogP contribution in [-0.2, 0) is 6.42 Å². The van der Waals surface area contributed by atoms with Crippen LogP contribution in [0.4, 0.5) is 0 Å². The van der Waals surface area contributed by atoms with Gasteiger partial charge in [-0.05, 0) is 31.9 Å². The van der Waals surface area contributed by atoms with Crippen molar-refractivity contribution in [2.75, 3.05) is 0 Å². The monoisotopic (exact) mass is 184 g/mol. The van der Waals surface area contributed by atoms with Gasteiger partial charge in [0.2, 0.25) is 0 Å². The molecule has 1 aliphatic rings. The summed E-state index contributed by atoms with van der Waals surface area (Å²) < 4.78 is 5.84. The van der Waals surface area contributed by atoms with E-state index in [9.17, 15) is 0 Å². The van der Waals surface area contributed by atoms with E-state index in [2.05, 4.69) is 26.0 Å². The first kappa shape index (κ1) is 7.86. The fraction of sp³-hybridized carbons (Fsp3) is 0.231. The van der Waals surface area contributed by atoms with Crippen LogP contribution in [-0.4, -0.2) is 0 Å². The number of fused-ring (bicyclic) bond motifs is 3. The summed E-state index contributed by atoms with van der Waals surface area (Å²) >= 11 is 0. The van der Waals surface area contributed by atoms with Crippen molar-refractivity contribution in [3.05, 3.63) is 41.2 Å². The molecule has 2 aromatic rings. The first-order valence-electron chi connectivity index (χ1n) is 4.94. The minimum atomic E-state index is 1.02. The minimum absolute atomic E-state index is 1.02. The van der Waals surface area contributed by atoms with Crippen molar-refractivity contribution in [1.82, 2.24) is 0 Å². The van der Waals surface area contributed by atoms with Gasteiger partial charge in [0.25, 0.3) is 0 Å². The molecule has 0 fully saturated rings. The second-order valence-electron chi connectivity index (χ2n) is 3.99. The molecular formula is C13H12O. The Morgan fingerprint density at radius 3 is 2.79 bits per heavy atom. The third-order valence-electron chi connectivity index (χ3n) is 3.12. The maximum atomic E-state index is 5.84. The van der Waals surface area contributed by atoms with E-state index in [1.54, 1.807) is 0 Å². The van der Waals surface area contributed by atoms with E-state index in [4.69, 9.17) is 4.42 Å². The molecule has 0 bridgehead atoms. The molecule has 1 heteroatoms. The summed E-state index contributed by atoms with van der Waals surface area (Å²) in [6, 6.07) is 8.27. The zero-order valence-corrected chi connectivity index (χ0v) is 8.42. The topological polar surface area (TPSA) is 13.1 Å². The van der Waals surface area contributed by atoms with E-state index in [1.165, 1.54) is 22.1 Å². The van der Waals surface area contributed by atoms with Crippen molar-refractivity contribution in [3.63, 3.8) is 0 Å². The second kappa shape index (κ2) is 2.50. The molecule has 0 N–H and O–H groups in total. The number of allylic oxidation sites excluding steroid dienone is 2. The molecular weight excluding hydrogens is 172 g/mol. The Balaban J connectivity index is 2.39. The molecule has 0 radical (unpaired) electrons. The number of benzene rings is 1. The zero-order chi connectivity index (χ0) is 9.71. The highest BCUT2D eigenvalue weighted by atomic mass is 16.3. The van der Waals surface area contributed by atoms with Crippen LogP contribution in [0, 0.1) is 0 Å². The fourth-order valence-corrected chi connectivity index (χ4v) is 2.17. The zero-order valence-electron chi connectivity index (χ0n) is 8.42. The van der Waals surface area contributed by atoms with Gasteiger partial charge in [-0.2, -0.15) is 0 Å². The van der Waals surface area contributed by atoms with Crippen LogP contribution in [0.25, 0.3) is 16.5 Å². The first-order valence-corrected chi connectivity index (χ1v) is 4.94. The number of hydrogen-bond donors (Lipinski definition) is 0. The Kier molecular flexibility index (Phi) is 1.41. The molecule has 0 unspecified atom stereocenters. The fourth-order valence-electron chi connectivity index (χ4n) is 2.17. The van der Waals surface area contributed by atoms with Gasteiger partial charge in [0, 0.05) is 10.9 Å². The highest BCUT2D eigenvalue weighted by Gasteiger charge is 2.22. The number of rotatable bonds is 0. The van der Waals surface area contributed by atoms with Gasteiger partial charge in [-0.1, -0.05) is 23.8 Å². The van der Waals surface area contributed by atoms with Crippen LogP contribution in [0.2, 0.25) is 0 Å². The first-order chi connectivity index (χ1) is 6.77. The number of furan rings is 1. The minimum Gasteiger partial charge on any atom is -0.456 e. The molecule has 1 aromatic carbocycles. The number of hydrogen-bond acceptors (Lipinski definition) is 1. The molecule has 3 rings (SSSR count). The lowest BCUT2D eigenvalue weighted by Gasteiger charge is -1.94. The summed E-state index contributed by atoms with van der Waals surface area (Å²) in [7, 11) is 0. The molecule has 0 aliphatic heterocycles. The Morgan fingerprint density at radius 2 is 1.93 bits per heavy atom. The van der Waals surface area contributed by atoms with E-state index < -0.39 is 0 Å². The standard InChI is InChI=1S/C13H12O/c1-8-7-11-10-5-3-4-6-12(10)14-13(11)9(8)2/h3-6H,7H2,1-2H3. The van der Waals surface area contributed by atoms with Gasteiger partial charge in [0.05, 0.1) is 0 Å². The predicted octanol–water partition coefficient (Wildman–Crippen LogP) is 3.78. The lowest BCUT2D eigenvalue weighted by atomic mass is 10.1. The summed E-state index contributed by atoms with van der Waals surface area (Å²) in [6.07, 6.45) is 1.05. The van der Waals surface area contributed by atoms with Gasteiger partial charge in [0.15, 0.2) is 0 Å². The van der Waals surface area contributed by atoms with Gasteiger partial charge in [-0.3, -0.25) is 0 Å². The van der Waals surface area contributed by atoms with E-state index in [-0.39, 0.29) is 0 Å². The maximum Gasteiger partial charge on any atom is 0.135 e. The average molecular weight is 184 g/mol. The normalized spacial score (nSPS) is 15.3. The van der Waals surface area contributed by atoms with Crippen LogP contribution in [0.3, 0.4) is 0 Å². The van der Waals surface area contributed by atoms with Crippen molar-refractivity contribution in [2.45, 2.75) is 20.3 Å². The van der Waals surface area contributed by atoms with Crippen LogP contribution >= 0.6 is 0 Å². The summed E-state index contributed by atoms with van der Waals surface area (Å²) in [4.78, 5) is 0. The predicted molar refractivity (Wildman–Crippen MR) is 58.2 cm³/mol. The Labute approximate surface area is 83.0 Å². The molecule has 0 atom stereocenters. The molecule has 1 aromatic heterocycles. The quantitative estimate of drug-likeness (QED) is 0.607. The van der Waals surface area contributed by atoms with E-state index in [1.807, 2.05) is 12.1 Å². The van der Waals surface area contributed by atoms with Crippen molar-refractivity contribution in [2.24, 2.45) is 0 Å². The third-order valence-corrected chi connectivity index (χ3v) is 3.12. The maximum absolute atomic E-state index is 5.84. The molecule has 0 saturated carbocycles. The van der Waals surface area contributed by atoms with E-state index in [0.29, 0.717) is 0 Å². The van der Waals surface area contributed by atoms with Gasteiger partial charge in [-0.25, -0.2) is 0 Å². The van der Waals surface area contributed by atoms with Crippen molar-refractivity contribution in [1.29, 1.82) is 0 Å². The molecule has 0 saturated heterocycles. The Hall–Kier alpha value is -1.50. The molecule has 1 aliphatic carbocycles. The molecule has 14 heavy (non-hydrogen) atoms. The molecule has 70 valence electrons. The smallest absolute Gasteiger partial charge is 0.135 e. The van der Waals surface area contributed by atoms with Crippen LogP contribution in [0.15, 0.2) is 34.3 Å². The SMILES string of the molecule is CC1=C(C)c2oc3ccccc3c2C1. The summed E-state index contributed by atoms with van der Waals surface area (Å²) in [6.45, 7) is 4.32. The van der Waals surface area contributed by atoms with Crippen molar-refractivity contribution in [3.8, 4) is 0 Å². The van der Waals surface area contributed by atoms with E-state index in [0.717, 1.165) is 17.8 Å². The summed E-state index contributed by atoms with van der Waals surface area (Å²) in [5.74, 6) is 1.10. The number of para-hydroxylation sites is 1. The van der Waals surface area contributed by atoms with Crippen LogP contribution in [0.1, 0.15) is 25.2 Å². The van der Waals surface area contributed by atoms with Crippen molar-refractivity contribution >= 4 is 16.5 Å². The largest absolute Gasteiger partial charge is 0.456 e. The highest BCUT2D eigenvalue weighted by Crippen LogP contribution is 2.38. The third kappa shape index (κ3) is 0.844. The van der Waals surface area contributed by atoms with Crippen LogP contribution < -0.4 is 0 Å². The lowest BCUT2D eigenvalue weighted by Crippen LogP contribution is -1.78.